The Balaban J connectivity index is 3.52. The molecular weight excluding hydrogens is 188 g/mol. The fourth-order valence-corrected chi connectivity index (χ4v) is 1.72. The molecule has 2 N–H and O–H groups in total. The van der Waals surface area contributed by atoms with Gasteiger partial charge in [0.25, 0.3) is 0 Å². The molecule has 0 aliphatic heterocycles. The van der Waals surface area contributed by atoms with Gasteiger partial charge < -0.3 is 15.4 Å². The van der Waals surface area contributed by atoms with E-state index in [2.05, 4.69) is 25.8 Å². The zero-order valence-corrected chi connectivity index (χ0v) is 10.8. The number of ether oxygens (including phenoxy) is 1. The maximum atomic E-state index is 6.04. The van der Waals surface area contributed by atoms with Crippen molar-refractivity contribution in [3.8, 4) is 0 Å². The standard InChI is InChI=1S/C12H28N2O/c1-5-11(2)9-14(3)10-12(13)7-6-8-15-4/h11-12H,5-10,13H2,1-4H3. The van der Waals surface area contributed by atoms with Crippen LogP contribution in [0.2, 0.25) is 0 Å². The molecule has 2 unspecified atom stereocenters. The van der Waals surface area contributed by atoms with Gasteiger partial charge in [0.2, 0.25) is 0 Å². The van der Waals surface area contributed by atoms with Gasteiger partial charge in [0.15, 0.2) is 0 Å². The van der Waals surface area contributed by atoms with Crippen LogP contribution in [0.25, 0.3) is 0 Å². The Hall–Kier alpha value is -0.120. The minimum Gasteiger partial charge on any atom is -0.385 e. The van der Waals surface area contributed by atoms with Gasteiger partial charge in [-0.3, -0.25) is 0 Å². The number of nitrogens with zero attached hydrogens (tertiary/aromatic N) is 1. The van der Waals surface area contributed by atoms with Crippen LogP contribution in [0.3, 0.4) is 0 Å². The summed E-state index contributed by atoms with van der Waals surface area (Å²) < 4.78 is 5.01. The maximum Gasteiger partial charge on any atom is 0.0462 e. The van der Waals surface area contributed by atoms with Crippen LogP contribution in [0.5, 0.6) is 0 Å². The molecule has 15 heavy (non-hydrogen) atoms. The lowest BCUT2D eigenvalue weighted by atomic mass is 10.1. The Kier molecular flexibility index (Phi) is 9.06. The third kappa shape index (κ3) is 8.85. The average molecular weight is 216 g/mol. The zero-order chi connectivity index (χ0) is 11.7. The number of methoxy groups -OCH3 is 1. The third-order valence-electron chi connectivity index (χ3n) is 2.79. The van der Waals surface area contributed by atoms with E-state index in [1.165, 1.54) is 6.42 Å². The van der Waals surface area contributed by atoms with Crippen LogP contribution in [0, 0.1) is 5.92 Å². The van der Waals surface area contributed by atoms with Crippen LogP contribution in [-0.4, -0.2) is 44.8 Å². The largest absolute Gasteiger partial charge is 0.385 e. The summed E-state index contributed by atoms with van der Waals surface area (Å²) in [5.41, 5.74) is 6.04. The van der Waals surface area contributed by atoms with Crippen molar-refractivity contribution in [3.05, 3.63) is 0 Å². The Labute approximate surface area is 95.0 Å². The molecule has 0 radical (unpaired) electrons. The van der Waals surface area contributed by atoms with Crippen molar-refractivity contribution in [2.24, 2.45) is 11.7 Å². The molecule has 2 atom stereocenters. The molecule has 0 fully saturated rings. The van der Waals surface area contributed by atoms with E-state index in [-0.39, 0.29) is 6.04 Å². The molecule has 0 bridgehead atoms. The quantitative estimate of drug-likeness (QED) is 0.596. The van der Waals surface area contributed by atoms with E-state index < -0.39 is 0 Å². The molecule has 0 aliphatic rings. The summed E-state index contributed by atoms with van der Waals surface area (Å²) in [5, 5.41) is 0. The molecule has 0 rings (SSSR count). The topological polar surface area (TPSA) is 38.5 Å². The molecule has 0 amide bonds. The van der Waals surface area contributed by atoms with E-state index in [0.717, 1.165) is 38.5 Å². The molecule has 0 aliphatic carbocycles. The highest BCUT2D eigenvalue weighted by atomic mass is 16.5. The lowest BCUT2D eigenvalue weighted by Gasteiger charge is -2.23. The minimum absolute atomic E-state index is 0.286. The van der Waals surface area contributed by atoms with E-state index in [4.69, 9.17) is 10.5 Å². The van der Waals surface area contributed by atoms with Crippen molar-refractivity contribution >= 4 is 0 Å². The monoisotopic (exact) mass is 216 g/mol. The molecule has 0 saturated heterocycles. The van der Waals surface area contributed by atoms with Crippen LogP contribution in [-0.2, 0) is 4.74 Å². The van der Waals surface area contributed by atoms with E-state index in [1.54, 1.807) is 7.11 Å². The predicted molar refractivity (Wildman–Crippen MR) is 66.0 cm³/mol. The molecule has 0 saturated carbocycles. The summed E-state index contributed by atoms with van der Waals surface area (Å²) in [4.78, 5) is 2.34. The van der Waals surface area contributed by atoms with Crippen molar-refractivity contribution < 1.29 is 4.74 Å². The van der Waals surface area contributed by atoms with Gasteiger partial charge in [-0.25, -0.2) is 0 Å². The molecule has 0 heterocycles. The normalized spacial score (nSPS) is 15.6. The summed E-state index contributed by atoms with van der Waals surface area (Å²) in [5.74, 6) is 0.765. The van der Waals surface area contributed by atoms with Crippen LogP contribution < -0.4 is 5.73 Å². The Morgan fingerprint density at radius 2 is 2.00 bits per heavy atom. The fraction of sp³-hybridized carbons (Fsp3) is 1.00. The summed E-state index contributed by atoms with van der Waals surface area (Å²) in [6.45, 7) is 7.48. The lowest BCUT2D eigenvalue weighted by Crippen LogP contribution is -2.37. The number of rotatable bonds is 9. The van der Waals surface area contributed by atoms with Gasteiger partial charge >= 0.3 is 0 Å². The van der Waals surface area contributed by atoms with Crippen LogP contribution in [0.15, 0.2) is 0 Å². The molecule has 3 nitrogen and oxygen atoms in total. The summed E-state index contributed by atoms with van der Waals surface area (Å²) >= 11 is 0. The molecule has 0 aromatic carbocycles. The Morgan fingerprint density at radius 3 is 2.53 bits per heavy atom. The average Bonchev–Trinajstić information content (AvgIpc) is 2.17. The molecule has 3 heteroatoms. The van der Waals surface area contributed by atoms with Crippen molar-refractivity contribution in [1.82, 2.24) is 4.90 Å². The first kappa shape index (κ1) is 14.9. The zero-order valence-electron chi connectivity index (χ0n) is 10.8. The lowest BCUT2D eigenvalue weighted by molar-refractivity contribution is 0.186. The predicted octanol–water partition coefficient (Wildman–Crippen LogP) is 1.72. The van der Waals surface area contributed by atoms with Crippen LogP contribution in [0.4, 0.5) is 0 Å². The first-order chi connectivity index (χ1) is 7.10. The fourth-order valence-electron chi connectivity index (χ4n) is 1.72. The van der Waals surface area contributed by atoms with E-state index in [9.17, 15) is 0 Å². The van der Waals surface area contributed by atoms with Gasteiger partial charge in [0.1, 0.15) is 0 Å². The first-order valence-corrected chi connectivity index (χ1v) is 6.03. The third-order valence-corrected chi connectivity index (χ3v) is 2.79. The van der Waals surface area contributed by atoms with Crippen molar-refractivity contribution in [1.29, 1.82) is 0 Å². The second kappa shape index (κ2) is 9.13. The van der Waals surface area contributed by atoms with Crippen molar-refractivity contribution in [2.75, 3.05) is 33.9 Å². The van der Waals surface area contributed by atoms with Crippen molar-refractivity contribution in [3.63, 3.8) is 0 Å². The maximum absolute atomic E-state index is 6.04. The second-order valence-electron chi connectivity index (χ2n) is 4.63. The number of hydrogen-bond donors (Lipinski definition) is 1. The number of likely N-dealkylation sites (N-methyl/N-ethyl adjacent to an activating group) is 1. The summed E-state index contributed by atoms with van der Waals surface area (Å²) in [6, 6.07) is 0.286. The highest BCUT2D eigenvalue weighted by Crippen LogP contribution is 2.04. The highest BCUT2D eigenvalue weighted by molar-refractivity contribution is 4.67. The summed E-state index contributed by atoms with van der Waals surface area (Å²) in [7, 11) is 3.89. The van der Waals surface area contributed by atoms with Crippen LogP contribution >= 0.6 is 0 Å². The van der Waals surface area contributed by atoms with Gasteiger partial charge in [-0.2, -0.15) is 0 Å². The van der Waals surface area contributed by atoms with Gasteiger partial charge in [-0.1, -0.05) is 20.3 Å². The second-order valence-corrected chi connectivity index (χ2v) is 4.63. The molecule has 0 spiro atoms. The smallest absolute Gasteiger partial charge is 0.0462 e. The Morgan fingerprint density at radius 1 is 1.33 bits per heavy atom. The molecular formula is C12H28N2O. The molecule has 0 aromatic rings. The van der Waals surface area contributed by atoms with Crippen LogP contribution in [0.1, 0.15) is 33.1 Å². The minimum atomic E-state index is 0.286. The molecule has 0 aromatic heterocycles. The SMILES string of the molecule is CCC(C)CN(C)CC(N)CCCOC. The number of hydrogen-bond acceptors (Lipinski definition) is 3. The van der Waals surface area contributed by atoms with Gasteiger partial charge in [-0.15, -0.1) is 0 Å². The molecule has 92 valence electrons. The van der Waals surface area contributed by atoms with Gasteiger partial charge in [-0.05, 0) is 25.8 Å². The number of nitrogens with two attached hydrogens (primary N) is 1. The van der Waals surface area contributed by atoms with E-state index >= 15 is 0 Å². The van der Waals surface area contributed by atoms with E-state index in [0.29, 0.717) is 0 Å². The van der Waals surface area contributed by atoms with Crippen molar-refractivity contribution in [2.45, 2.75) is 39.2 Å². The summed E-state index contributed by atoms with van der Waals surface area (Å²) in [6.07, 6.45) is 3.36. The Bertz CT molecular complexity index is 142. The van der Waals surface area contributed by atoms with E-state index in [1.807, 2.05) is 0 Å². The van der Waals surface area contributed by atoms with Gasteiger partial charge in [0, 0.05) is 32.8 Å². The van der Waals surface area contributed by atoms with Gasteiger partial charge in [0.05, 0.1) is 0 Å². The highest BCUT2D eigenvalue weighted by Gasteiger charge is 2.08. The first-order valence-electron chi connectivity index (χ1n) is 6.03.